The number of thiocarbonyl (C=S) groups is 1. The van der Waals surface area contributed by atoms with E-state index in [0.29, 0.717) is 15.8 Å². The Hall–Kier alpha value is -2.41. The Morgan fingerprint density at radius 2 is 1.87 bits per heavy atom. The standard InChI is InChI=1S/C24H18BrNO2S2/c1-16-6-5-7-18(12-16)15-28-21-11-10-17(13-20(21)25)14-22-23(27)26(24(29)30-22)19-8-3-2-4-9-19/h2-14H,15H2,1H3/b22-14+. The molecule has 150 valence electrons. The maximum Gasteiger partial charge on any atom is 0.270 e. The summed E-state index contributed by atoms with van der Waals surface area (Å²) in [6.45, 7) is 2.56. The highest BCUT2D eigenvalue weighted by atomic mass is 79.9. The van der Waals surface area contributed by atoms with Gasteiger partial charge in [0.05, 0.1) is 15.1 Å². The number of hydrogen-bond donors (Lipinski definition) is 0. The van der Waals surface area contributed by atoms with Gasteiger partial charge in [-0.2, -0.15) is 0 Å². The van der Waals surface area contributed by atoms with Gasteiger partial charge in [-0.3, -0.25) is 9.69 Å². The lowest BCUT2D eigenvalue weighted by molar-refractivity contribution is -0.113. The maximum absolute atomic E-state index is 12.9. The number of rotatable bonds is 5. The van der Waals surface area contributed by atoms with Gasteiger partial charge in [0.25, 0.3) is 5.91 Å². The highest BCUT2D eigenvalue weighted by Crippen LogP contribution is 2.36. The van der Waals surface area contributed by atoms with Gasteiger partial charge in [-0.25, -0.2) is 0 Å². The second kappa shape index (κ2) is 9.16. The SMILES string of the molecule is Cc1cccc(COc2ccc(/C=C3/SC(=S)N(c4ccccc4)C3=O)cc2Br)c1. The van der Waals surface area contributed by atoms with Gasteiger partial charge in [0.15, 0.2) is 4.32 Å². The van der Waals surface area contributed by atoms with Crippen LogP contribution in [0.1, 0.15) is 16.7 Å². The highest BCUT2D eigenvalue weighted by Gasteiger charge is 2.33. The molecule has 1 saturated heterocycles. The third kappa shape index (κ3) is 4.67. The summed E-state index contributed by atoms with van der Waals surface area (Å²) >= 11 is 10.3. The number of para-hydroxylation sites is 1. The van der Waals surface area contributed by atoms with Crippen molar-refractivity contribution in [3.63, 3.8) is 0 Å². The smallest absolute Gasteiger partial charge is 0.270 e. The molecule has 1 fully saturated rings. The number of ether oxygens (including phenoxy) is 1. The first-order valence-corrected chi connectivity index (χ1v) is 11.3. The summed E-state index contributed by atoms with van der Waals surface area (Å²) in [5.74, 6) is 0.651. The zero-order valence-corrected chi connectivity index (χ0v) is 19.4. The van der Waals surface area contributed by atoms with Crippen LogP contribution in [-0.4, -0.2) is 10.2 Å². The molecule has 1 aliphatic rings. The van der Waals surface area contributed by atoms with E-state index < -0.39 is 0 Å². The molecule has 3 aromatic carbocycles. The average molecular weight is 496 g/mol. The summed E-state index contributed by atoms with van der Waals surface area (Å²) in [5.41, 5.74) is 4.01. The molecule has 1 aliphatic heterocycles. The van der Waals surface area contributed by atoms with Crippen LogP contribution >= 0.6 is 39.9 Å². The number of carbonyl (C=O) groups excluding carboxylic acids is 1. The van der Waals surface area contributed by atoms with Crippen LogP contribution in [0.4, 0.5) is 5.69 Å². The lowest BCUT2D eigenvalue weighted by atomic mass is 10.1. The third-order valence-electron chi connectivity index (χ3n) is 4.54. The molecule has 3 nitrogen and oxygen atoms in total. The zero-order chi connectivity index (χ0) is 21.1. The number of halogens is 1. The van der Waals surface area contributed by atoms with E-state index in [1.54, 1.807) is 4.90 Å². The van der Waals surface area contributed by atoms with Crippen LogP contribution in [0.3, 0.4) is 0 Å². The van der Waals surface area contributed by atoms with Crippen molar-refractivity contribution in [2.24, 2.45) is 0 Å². The Balaban J connectivity index is 1.50. The van der Waals surface area contributed by atoms with Crippen LogP contribution in [0.5, 0.6) is 5.75 Å². The van der Waals surface area contributed by atoms with E-state index in [-0.39, 0.29) is 5.91 Å². The Morgan fingerprint density at radius 1 is 1.07 bits per heavy atom. The number of benzene rings is 3. The second-order valence-electron chi connectivity index (χ2n) is 6.82. The predicted molar refractivity (Wildman–Crippen MR) is 132 cm³/mol. The monoisotopic (exact) mass is 495 g/mol. The fourth-order valence-corrected chi connectivity index (χ4v) is 4.92. The van der Waals surface area contributed by atoms with Crippen LogP contribution in [0, 0.1) is 6.92 Å². The second-order valence-corrected chi connectivity index (χ2v) is 9.35. The normalized spacial score (nSPS) is 15.1. The molecular weight excluding hydrogens is 478 g/mol. The van der Waals surface area contributed by atoms with Crippen molar-refractivity contribution in [1.29, 1.82) is 0 Å². The van der Waals surface area contributed by atoms with E-state index in [1.807, 2.05) is 66.7 Å². The van der Waals surface area contributed by atoms with Gasteiger partial charge in [0.1, 0.15) is 12.4 Å². The first-order chi connectivity index (χ1) is 14.5. The third-order valence-corrected chi connectivity index (χ3v) is 6.46. The molecule has 1 amide bonds. The van der Waals surface area contributed by atoms with Crippen molar-refractivity contribution < 1.29 is 9.53 Å². The molecule has 30 heavy (non-hydrogen) atoms. The summed E-state index contributed by atoms with van der Waals surface area (Å²) in [4.78, 5) is 15.0. The van der Waals surface area contributed by atoms with E-state index in [0.717, 1.165) is 27.0 Å². The van der Waals surface area contributed by atoms with Crippen molar-refractivity contribution in [1.82, 2.24) is 0 Å². The molecule has 0 N–H and O–H groups in total. The van der Waals surface area contributed by atoms with Crippen molar-refractivity contribution >= 4 is 61.9 Å². The van der Waals surface area contributed by atoms with Gasteiger partial charge >= 0.3 is 0 Å². The number of carbonyl (C=O) groups is 1. The van der Waals surface area contributed by atoms with E-state index in [4.69, 9.17) is 17.0 Å². The number of amides is 1. The number of nitrogens with zero attached hydrogens (tertiary/aromatic N) is 1. The number of anilines is 1. The lowest BCUT2D eigenvalue weighted by Gasteiger charge is -2.13. The fraction of sp³-hybridized carbons (Fsp3) is 0.0833. The molecule has 3 aromatic rings. The van der Waals surface area contributed by atoms with Crippen molar-refractivity contribution in [2.45, 2.75) is 13.5 Å². The van der Waals surface area contributed by atoms with E-state index in [1.165, 1.54) is 17.3 Å². The molecule has 0 radical (unpaired) electrons. The average Bonchev–Trinajstić information content (AvgIpc) is 3.01. The van der Waals surface area contributed by atoms with Crippen LogP contribution in [0.15, 0.2) is 82.2 Å². The van der Waals surface area contributed by atoms with Crippen molar-refractivity contribution in [3.05, 3.63) is 98.9 Å². The van der Waals surface area contributed by atoms with Gasteiger partial charge in [-0.15, -0.1) is 0 Å². The molecule has 4 rings (SSSR count). The molecule has 0 unspecified atom stereocenters. The molecule has 0 spiro atoms. The minimum atomic E-state index is -0.105. The summed E-state index contributed by atoms with van der Waals surface area (Å²) in [7, 11) is 0. The fourth-order valence-electron chi connectivity index (χ4n) is 3.11. The molecule has 0 bridgehead atoms. The molecule has 0 aromatic heterocycles. The lowest BCUT2D eigenvalue weighted by Crippen LogP contribution is -2.27. The molecule has 6 heteroatoms. The summed E-state index contributed by atoms with van der Waals surface area (Å²) < 4.78 is 7.32. The van der Waals surface area contributed by atoms with Gasteiger partial charge in [0, 0.05) is 0 Å². The first kappa shape index (κ1) is 20.8. The van der Waals surface area contributed by atoms with Gasteiger partial charge < -0.3 is 4.74 Å². The summed E-state index contributed by atoms with van der Waals surface area (Å²) in [5, 5.41) is 0. The highest BCUT2D eigenvalue weighted by molar-refractivity contribution is 9.10. The van der Waals surface area contributed by atoms with Crippen LogP contribution in [0.25, 0.3) is 6.08 Å². The van der Waals surface area contributed by atoms with E-state index >= 15 is 0 Å². The maximum atomic E-state index is 12.9. The minimum Gasteiger partial charge on any atom is -0.488 e. The topological polar surface area (TPSA) is 29.5 Å². The minimum absolute atomic E-state index is 0.105. The van der Waals surface area contributed by atoms with Crippen LogP contribution in [0.2, 0.25) is 0 Å². The van der Waals surface area contributed by atoms with E-state index in [2.05, 4.69) is 35.0 Å². The zero-order valence-electron chi connectivity index (χ0n) is 16.2. The molecule has 0 aliphatic carbocycles. The Kier molecular flexibility index (Phi) is 6.37. The van der Waals surface area contributed by atoms with Crippen LogP contribution in [-0.2, 0) is 11.4 Å². The quantitative estimate of drug-likeness (QED) is 0.289. The predicted octanol–water partition coefficient (Wildman–Crippen LogP) is 6.74. The first-order valence-electron chi connectivity index (χ1n) is 9.32. The van der Waals surface area contributed by atoms with Crippen molar-refractivity contribution in [2.75, 3.05) is 4.90 Å². The number of hydrogen-bond acceptors (Lipinski definition) is 4. The van der Waals surface area contributed by atoms with Gasteiger partial charge in [-0.05, 0) is 64.3 Å². The molecule has 0 saturated carbocycles. The van der Waals surface area contributed by atoms with Crippen LogP contribution < -0.4 is 9.64 Å². The Labute approximate surface area is 193 Å². The number of thioether (sulfide) groups is 1. The number of aryl methyl sites for hydroxylation is 1. The molecular formula is C24H18BrNO2S2. The summed E-state index contributed by atoms with van der Waals surface area (Å²) in [6, 6.07) is 23.5. The Bertz CT molecular complexity index is 1140. The molecule has 0 atom stereocenters. The van der Waals surface area contributed by atoms with Gasteiger partial charge in [0.2, 0.25) is 0 Å². The van der Waals surface area contributed by atoms with Gasteiger partial charge in [-0.1, -0.05) is 78.1 Å². The van der Waals surface area contributed by atoms with E-state index in [9.17, 15) is 4.79 Å². The summed E-state index contributed by atoms with van der Waals surface area (Å²) in [6.07, 6.45) is 1.86. The largest absolute Gasteiger partial charge is 0.488 e. The molecule has 1 heterocycles. The van der Waals surface area contributed by atoms with Crippen molar-refractivity contribution in [3.8, 4) is 5.75 Å². The Morgan fingerprint density at radius 3 is 2.60 bits per heavy atom.